The van der Waals surface area contributed by atoms with Crippen LogP contribution < -0.4 is 11.5 Å². The fourth-order valence-electron chi connectivity index (χ4n) is 8.86. The summed E-state index contributed by atoms with van der Waals surface area (Å²) in [4.78, 5) is 5.50. The first-order valence-corrected chi connectivity index (χ1v) is 13.8. The average molecular weight is 476 g/mol. The summed E-state index contributed by atoms with van der Waals surface area (Å²) < 4.78 is 6.41. The lowest BCUT2D eigenvalue weighted by Gasteiger charge is -2.65. The Bertz CT molecular complexity index is 772. The van der Waals surface area contributed by atoms with E-state index in [1.807, 2.05) is 0 Å². The molecule has 0 aromatic carbocycles. The highest BCUT2D eigenvalue weighted by atomic mass is 16.6. The van der Waals surface area contributed by atoms with Gasteiger partial charge in [-0.25, -0.2) is 0 Å². The SMILES string of the molecule is CC=CC1C(C)C(OCCCN)CC2CC[C@@H]3[C@@H](CC[C@]4(C)C(=NOCCN)CC[C@@]34O)[C@]21C. The number of nitrogens with zero attached hydrogens (tertiary/aromatic N) is 1. The van der Waals surface area contributed by atoms with Gasteiger partial charge in [-0.3, -0.25) is 0 Å². The fourth-order valence-corrected chi connectivity index (χ4v) is 8.86. The maximum Gasteiger partial charge on any atom is 0.129 e. The van der Waals surface area contributed by atoms with Crippen LogP contribution in [0.3, 0.4) is 0 Å². The maximum atomic E-state index is 12.4. The molecule has 4 unspecified atom stereocenters. The minimum absolute atomic E-state index is 0.176. The Labute approximate surface area is 206 Å². The molecule has 0 radical (unpaired) electrons. The molecule has 4 aliphatic rings. The van der Waals surface area contributed by atoms with E-state index in [-0.39, 0.29) is 10.8 Å². The van der Waals surface area contributed by atoms with Crippen LogP contribution in [0, 0.1) is 40.4 Å². The van der Waals surface area contributed by atoms with Gasteiger partial charge < -0.3 is 26.1 Å². The Kier molecular flexibility index (Phi) is 7.83. The molecule has 34 heavy (non-hydrogen) atoms. The van der Waals surface area contributed by atoms with Gasteiger partial charge in [0.1, 0.15) is 6.61 Å². The van der Waals surface area contributed by atoms with Gasteiger partial charge in [0, 0.05) is 18.6 Å². The number of nitrogens with two attached hydrogens (primary N) is 2. The monoisotopic (exact) mass is 475 g/mol. The zero-order chi connectivity index (χ0) is 24.6. The predicted octanol–water partition coefficient (Wildman–Crippen LogP) is 4.26. The molecule has 4 fully saturated rings. The van der Waals surface area contributed by atoms with Crippen LogP contribution in [0.1, 0.15) is 79.1 Å². The van der Waals surface area contributed by atoms with Gasteiger partial charge in [0.05, 0.1) is 17.4 Å². The molecule has 5 N–H and O–H groups in total. The molecule has 0 spiro atoms. The molecule has 194 valence electrons. The predicted molar refractivity (Wildman–Crippen MR) is 137 cm³/mol. The summed E-state index contributed by atoms with van der Waals surface area (Å²) >= 11 is 0. The van der Waals surface area contributed by atoms with E-state index in [0.717, 1.165) is 57.3 Å². The Morgan fingerprint density at radius 1 is 1.09 bits per heavy atom. The normalized spacial score (nSPS) is 47.4. The summed E-state index contributed by atoms with van der Waals surface area (Å²) in [5.74, 6) is 2.38. The van der Waals surface area contributed by atoms with Crippen LogP contribution in [-0.4, -0.2) is 48.8 Å². The second kappa shape index (κ2) is 10.2. The van der Waals surface area contributed by atoms with Crippen molar-refractivity contribution in [3.05, 3.63) is 12.2 Å². The van der Waals surface area contributed by atoms with Crippen molar-refractivity contribution < 1.29 is 14.7 Å². The van der Waals surface area contributed by atoms with Crippen molar-refractivity contribution in [3.8, 4) is 0 Å². The third-order valence-electron chi connectivity index (χ3n) is 10.7. The van der Waals surface area contributed by atoms with E-state index in [2.05, 4.69) is 45.0 Å². The Morgan fingerprint density at radius 2 is 1.88 bits per heavy atom. The Morgan fingerprint density at radius 3 is 2.59 bits per heavy atom. The van der Waals surface area contributed by atoms with Gasteiger partial charge in [0.2, 0.25) is 0 Å². The van der Waals surface area contributed by atoms with Crippen molar-refractivity contribution in [1.29, 1.82) is 0 Å². The van der Waals surface area contributed by atoms with Gasteiger partial charge in [-0.15, -0.1) is 0 Å². The smallest absolute Gasteiger partial charge is 0.129 e. The maximum absolute atomic E-state index is 12.4. The van der Waals surface area contributed by atoms with E-state index in [1.165, 1.54) is 6.42 Å². The quantitative estimate of drug-likeness (QED) is 0.276. The average Bonchev–Trinajstić information content (AvgIpc) is 3.08. The lowest BCUT2D eigenvalue weighted by Crippen LogP contribution is -2.65. The zero-order valence-corrected chi connectivity index (χ0v) is 22.0. The summed E-state index contributed by atoms with van der Waals surface area (Å²) in [5.41, 5.74) is 11.5. The molecule has 0 aliphatic heterocycles. The van der Waals surface area contributed by atoms with Crippen molar-refractivity contribution in [1.82, 2.24) is 0 Å². The van der Waals surface area contributed by atoms with Crippen molar-refractivity contribution in [2.45, 2.75) is 90.8 Å². The minimum atomic E-state index is -0.701. The highest BCUT2D eigenvalue weighted by Crippen LogP contribution is 2.69. The van der Waals surface area contributed by atoms with E-state index in [9.17, 15) is 5.11 Å². The highest BCUT2D eigenvalue weighted by Gasteiger charge is 2.68. The minimum Gasteiger partial charge on any atom is -0.394 e. The summed E-state index contributed by atoms with van der Waals surface area (Å²) in [6.45, 7) is 11.7. The summed E-state index contributed by atoms with van der Waals surface area (Å²) in [5, 5.41) is 16.9. The molecule has 6 nitrogen and oxygen atoms in total. The van der Waals surface area contributed by atoms with E-state index < -0.39 is 5.60 Å². The molecule has 6 heteroatoms. The first-order valence-electron chi connectivity index (χ1n) is 13.8. The second-order valence-electron chi connectivity index (χ2n) is 12.0. The molecule has 0 bridgehead atoms. The van der Waals surface area contributed by atoms with Crippen molar-refractivity contribution in [2.24, 2.45) is 57.0 Å². The van der Waals surface area contributed by atoms with Crippen molar-refractivity contribution in [3.63, 3.8) is 0 Å². The lowest BCUT2D eigenvalue weighted by molar-refractivity contribution is -0.213. The van der Waals surface area contributed by atoms with Crippen molar-refractivity contribution in [2.75, 3.05) is 26.3 Å². The van der Waals surface area contributed by atoms with E-state index in [1.54, 1.807) is 0 Å². The first kappa shape index (κ1) is 26.1. The number of aliphatic hydroxyl groups is 1. The number of rotatable bonds is 8. The number of allylic oxidation sites excluding steroid dienone is 2. The molecule has 0 aromatic heterocycles. The molecule has 0 aromatic rings. The number of hydrogen-bond acceptors (Lipinski definition) is 6. The van der Waals surface area contributed by atoms with E-state index in [4.69, 9.17) is 21.0 Å². The molecule has 0 saturated heterocycles. The third kappa shape index (κ3) is 3.97. The standard InChI is InChI=1S/C28H49N3O3/c1-5-7-21-19(2)24(33-16-6-14-29)18-20-8-9-23-22(27(20,21)4)10-12-26(3)25(31-34-17-15-30)11-13-28(23,26)32/h5,7,19-24,32H,6,8-18,29-30H2,1-4H3/t19?,20?,21?,22-,23-,24?,26-,27-,28-/m1/s1. The third-order valence-corrected chi connectivity index (χ3v) is 10.7. The first-order chi connectivity index (χ1) is 16.3. The number of ether oxygens (including phenoxy) is 1. The lowest BCUT2D eigenvalue weighted by atomic mass is 9.40. The van der Waals surface area contributed by atoms with Gasteiger partial charge >= 0.3 is 0 Å². The molecule has 0 heterocycles. The van der Waals surface area contributed by atoms with Gasteiger partial charge in [-0.2, -0.15) is 0 Å². The van der Waals surface area contributed by atoms with Crippen LogP contribution in [0.15, 0.2) is 17.3 Å². The molecular formula is C28H49N3O3. The zero-order valence-electron chi connectivity index (χ0n) is 22.0. The number of oxime groups is 1. The van der Waals surface area contributed by atoms with Crippen molar-refractivity contribution >= 4 is 5.71 Å². The summed E-state index contributed by atoms with van der Waals surface area (Å²) in [6.07, 6.45) is 13.1. The van der Waals surface area contributed by atoms with E-state index in [0.29, 0.717) is 55.4 Å². The molecule has 9 atom stereocenters. The van der Waals surface area contributed by atoms with Crippen LogP contribution in [-0.2, 0) is 9.57 Å². The Hall–Kier alpha value is -0.950. The van der Waals surface area contributed by atoms with E-state index >= 15 is 0 Å². The van der Waals surface area contributed by atoms with Crippen LogP contribution in [0.25, 0.3) is 0 Å². The van der Waals surface area contributed by atoms with Gasteiger partial charge in [0.15, 0.2) is 0 Å². The highest BCUT2D eigenvalue weighted by molar-refractivity contribution is 5.93. The summed E-state index contributed by atoms with van der Waals surface area (Å²) in [6, 6.07) is 0. The fraction of sp³-hybridized carbons (Fsp3) is 0.893. The van der Waals surface area contributed by atoms with Crippen LogP contribution in [0.5, 0.6) is 0 Å². The molecular weight excluding hydrogens is 426 g/mol. The number of fused-ring (bicyclic) bond motifs is 5. The topological polar surface area (TPSA) is 103 Å². The molecule has 4 aliphatic carbocycles. The van der Waals surface area contributed by atoms with Gasteiger partial charge in [-0.1, -0.05) is 38.1 Å². The largest absolute Gasteiger partial charge is 0.394 e. The summed E-state index contributed by atoms with van der Waals surface area (Å²) in [7, 11) is 0. The number of hydrogen-bond donors (Lipinski definition) is 3. The molecule has 4 rings (SSSR count). The second-order valence-corrected chi connectivity index (χ2v) is 12.0. The molecule has 4 saturated carbocycles. The van der Waals surface area contributed by atoms with Crippen LogP contribution >= 0.6 is 0 Å². The Balaban J connectivity index is 1.62. The van der Waals surface area contributed by atoms with Gasteiger partial charge in [-0.05, 0) is 99.8 Å². The van der Waals surface area contributed by atoms with Crippen LogP contribution in [0.4, 0.5) is 0 Å². The van der Waals surface area contributed by atoms with Gasteiger partial charge in [0.25, 0.3) is 0 Å². The van der Waals surface area contributed by atoms with Crippen LogP contribution in [0.2, 0.25) is 0 Å². The molecule has 0 amide bonds.